The average molecular weight is 354 g/mol. The van der Waals surface area contributed by atoms with Crippen LogP contribution in [0.4, 0.5) is 0 Å². The largest absolute Gasteiger partial charge is 0.508 e. The molecule has 0 aromatic heterocycles. The monoisotopic (exact) mass is 354 g/mol. The molecule has 3 N–H and O–H groups in total. The molecule has 0 radical (unpaired) electrons. The Hall–Kier alpha value is -2.16. The van der Waals surface area contributed by atoms with E-state index in [1.165, 1.54) is 19.1 Å². The molecule has 5 atom stereocenters. The lowest BCUT2D eigenvalue weighted by molar-refractivity contribution is -0.242. The number of benzene rings is 1. The summed E-state index contributed by atoms with van der Waals surface area (Å²) in [5.74, 6) is -1.24. The molecular formula is C17H22O8. The maximum absolute atomic E-state index is 11.3. The molecule has 25 heavy (non-hydrogen) atoms. The van der Waals surface area contributed by atoms with E-state index in [0.29, 0.717) is 5.56 Å². The maximum atomic E-state index is 11.3. The Morgan fingerprint density at radius 3 is 2.36 bits per heavy atom. The molecule has 1 aromatic carbocycles. The summed E-state index contributed by atoms with van der Waals surface area (Å²) in [4.78, 5) is 22.3. The van der Waals surface area contributed by atoms with Gasteiger partial charge in [-0.05, 0) is 30.2 Å². The van der Waals surface area contributed by atoms with Crippen LogP contribution in [0.1, 0.15) is 31.1 Å². The van der Waals surface area contributed by atoms with Gasteiger partial charge in [-0.1, -0.05) is 6.07 Å². The van der Waals surface area contributed by atoms with Gasteiger partial charge in [0.15, 0.2) is 6.10 Å². The maximum Gasteiger partial charge on any atom is 0.303 e. The Labute approximate surface area is 144 Å². The van der Waals surface area contributed by atoms with E-state index in [1.54, 1.807) is 13.0 Å². The molecule has 1 heterocycles. The van der Waals surface area contributed by atoms with Crippen LogP contribution in [-0.4, -0.2) is 58.3 Å². The van der Waals surface area contributed by atoms with Crippen LogP contribution >= 0.6 is 0 Å². The highest BCUT2D eigenvalue weighted by molar-refractivity contribution is 5.66. The van der Waals surface area contributed by atoms with Crippen LogP contribution in [0.3, 0.4) is 0 Å². The van der Waals surface area contributed by atoms with Gasteiger partial charge in [0, 0.05) is 13.8 Å². The van der Waals surface area contributed by atoms with Crippen molar-refractivity contribution in [3.63, 3.8) is 0 Å². The molecule has 138 valence electrons. The molecule has 8 nitrogen and oxygen atoms in total. The Morgan fingerprint density at radius 2 is 1.80 bits per heavy atom. The van der Waals surface area contributed by atoms with Gasteiger partial charge in [0.05, 0.1) is 0 Å². The number of aryl methyl sites for hydroxylation is 1. The minimum atomic E-state index is -1.45. The van der Waals surface area contributed by atoms with E-state index >= 15 is 0 Å². The minimum absolute atomic E-state index is 0.0149. The number of esters is 2. The van der Waals surface area contributed by atoms with E-state index in [9.17, 15) is 24.9 Å². The number of carbonyl (C=O) groups excluding carboxylic acids is 2. The first-order chi connectivity index (χ1) is 11.7. The number of aliphatic hydroxyl groups excluding tert-OH is 2. The van der Waals surface area contributed by atoms with Crippen molar-refractivity contribution in [1.29, 1.82) is 0 Å². The Morgan fingerprint density at radius 1 is 1.12 bits per heavy atom. The summed E-state index contributed by atoms with van der Waals surface area (Å²) in [6.45, 7) is 3.87. The first-order valence-electron chi connectivity index (χ1n) is 7.81. The van der Waals surface area contributed by atoms with E-state index < -0.39 is 42.5 Å². The lowest BCUT2D eigenvalue weighted by atomic mass is 9.90. The van der Waals surface area contributed by atoms with Crippen LogP contribution < -0.4 is 0 Å². The van der Waals surface area contributed by atoms with Crippen LogP contribution in [0.15, 0.2) is 18.2 Å². The number of ether oxygens (including phenoxy) is 3. The van der Waals surface area contributed by atoms with Crippen molar-refractivity contribution in [2.75, 3.05) is 6.61 Å². The van der Waals surface area contributed by atoms with E-state index in [0.717, 1.165) is 12.5 Å². The summed E-state index contributed by atoms with van der Waals surface area (Å²) in [6, 6.07) is 4.63. The highest BCUT2D eigenvalue weighted by Crippen LogP contribution is 2.35. The lowest BCUT2D eigenvalue weighted by Gasteiger charge is -2.42. The van der Waals surface area contributed by atoms with Crippen LogP contribution in [0.2, 0.25) is 0 Å². The third kappa shape index (κ3) is 4.68. The average Bonchev–Trinajstić information content (AvgIpc) is 2.49. The molecule has 1 fully saturated rings. The van der Waals surface area contributed by atoms with Crippen LogP contribution in [0.5, 0.6) is 5.75 Å². The van der Waals surface area contributed by atoms with Crippen molar-refractivity contribution in [1.82, 2.24) is 0 Å². The topological polar surface area (TPSA) is 123 Å². The number of phenols is 1. The van der Waals surface area contributed by atoms with E-state index in [-0.39, 0.29) is 12.4 Å². The zero-order valence-electron chi connectivity index (χ0n) is 14.2. The summed E-state index contributed by atoms with van der Waals surface area (Å²) in [7, 11) is 0. The molecule has 0 saturated carbocycles. The van der Waals surface area contributed by atoms with Crippen LogP contribution in [0.25, 0.3) is 0 Å². The fraction of sp³-hybridized carbons (Fsp3) is 0.529. The number of rotatable bonds is 4. The van der Waals surface area contributed by atoms with Crippen LogP contribution in [-0.2, 0) is 23.8 Å². The quantitative estimate of drug-likeness (QED) is 0.662. The molecule has 0 unspecified atom stereocenters. The molecular weight excluding hydrogens is 332 g/mol. The van der Waals surface area contributed by atoms with Crippen LogP contribution in [0, 0.1) is 6.92 Å². The molecule has 1 aliphatic rings. The smallest absolute Gasteiger partial charge is 0.303 e. The zero-order chi connectivity index (χ0) is 18.7. The summed E-state index contributed by atoms with van der Waals surface area (Å²) in [6.07, 6.45) is -6.02. The normalized spacial score (nSPS) is 29.1. The van der Waals surface area contributed by atoms with Crippen molar-refractivity contribution < 1.29 is 39.1 Å². The molecule has 0 amide bonds. The number of phenolic OH excluding ortho intramolecular Hbond substituents is 1. The first-order valence-corrected chi connectivity index (χ1v) is 7.81. The van der Waals surface area contributed by atoms with Gasteiger partial charge >= 0.3 is 11.9 Å². The molecule has 0 aliphatic carbocycles. The molecule has 1 aliphatic heterocycles. The third-order valence-electron chi connectivity index (χ3n) is 3.85. The zero-order valence-corrected chi connectivity index (χ0v) is 14.2. The van der Waals surface area contributed by atoms with Gasteiger partial charge in [0.25, 0.3) is 0 Å². The van der Waals surface area contributed by atoms with E-state index in [4.69, 9.17) is 14.2 Å². The van der Waals surface area contributed by atoms with Crippen molar-refractivity contribution in [2.45, 2.75) is 51.3 Å². The number of aliphatic hydroxyl groups is 2. The molecule has 8 heteroatoms. The SMILES string of the molecule is CC(=O)OC[C@H]1O[C@H](c2cc(C)cc(O)c2)[C@@H](O)[C@@H](O)[C@@H]1OC(C)=O. The highest BCUT2D eigenvalue weighted by atomic mass is 16.6. The van der Waals surface area contributed by atoms with Crippen molar-refractivity contribution in [3.8, 4) is 5.75 Å². The lowest BCUT2D eigenvalue weighted by Crippen LogP contribution is -2.57. The summed E-state index contributed by atoms with van der Waals surface area (Å²) in [5.41, 5.74) is 1.18. The number of hydrogen-bond acceptors (Lipinski definition) is 8. The second-order valence-corrected chi connectivity index (χ2v) is 6.05. The van der Waals surface area contributed by atoms with Crippen molar-refractivity contribution >= 4 is 11.9 Å². The summed E-state index contributed by atoms with van der Waals surface area (Å²) in [5, 5.41) is 30.5. The fourth-order valence-electron chi connectivity index (χ4n) is 2.84. The second kappa shape index (κ2) is 7.81. The Kier molecular flexibility index (Phi) is 5.99. The van der Waals surface area contributed by atoms with Gasteiger partial charge < -0.3 is 29.5 Å². The van der Waals surface area contributed by atoms with Gasteiger partial charge in [-0.25, -0.2) is 0 Å². The van der Waals surface area contributed by atoms with E-state index in [2.05, 4.69) is 0 Å². The molecule has 0 bridgehead atoms. The minimum Gasteiger partial charge on any atom is -0.508 e. The molecule has 1 aromatic rings. The molecule has 2 rings (SSSR count). The van der Waals surface area contributed by atoms with Gasteiger partial charge in [-0.2, -0.15) is 0 Å². The predicted molar refractivity (Wildman–Crippen MR) is 84.7 cm³/mol. The second-order valence-electron chi connectivity index (χ2n) is 6.05. The fourth-order valence-corrected chi connectivity index (χ4v) is 2.84. The van der Waals surface area contributed by atoms with E-state index in [1.807, 2.05) is 0 Å². The standard InChI is InChI=1S/C17H22O8/c1-8-4-11(6-12(20)5-8)16-14(21)15(22)17(24-10(3)19)13(25-16)7-23-9(2)18/h4-6,13-17,20-22H,7H2,1-3H3/t13-,14+,15-,16-,17-/m1/s1. The van der Waals surface area contributed by atoms with Gasteiger partial charge in [-0.15, -0.1) is 0 Å². The Balaban J connectivity index is 2.30. The molecule has 1 saturated heterocycles. The first kappa shape index (κ1) is 19.2. The Bertz CT molecular complexity index is 623. The summed E-state index contributed by atoms with van der Waals surface area (Å²) < 4.78 is 15.7. The summed E-state index contributed by atoms with van der Waals surface area (Å²) >= 11 is 0. The number of aromatic hydroxyl groups is 1. The van der Waals surface area contributed by atoms with Gasteiger partial charge in [0.1, 0.15) is 36.8 Å². The van der Waals surface area contributed by atoms with Crippen molar-refractivity contribution in [3.05, 3.63) is 29.3 Å². The number of hydrogen-bond donors (Lipinski definition) is 3. The third-order valence-corrected chi connectivity index (χ3v) is 3.85. The highest BCUT2D eigenvalue weighted by Gasteiger charge is 2.47. The van der Waals surface area contributed by atoms with Gasteiger partial charge in [-0.3, -0.25) is 9.59 Å². The predicted octanol–water partition coefficient (Wildman–Crippen LogP) is 0.357. The van der Waals surface area contributed by atoms with Gasteiger partial charge in [0.2, 0.25) is 0 Å². The number of carbonyl (C=O) groups is 2. The molecule has 0 spiro atoms. The van der Waals surface area contributed by atoms with Crippen molar-refractivity contribution in [2.24, 2.45) is 0 Å².